The van der Waals surface area contributed by atoms with Gasteiger partial charge in [-0.2, -0.15) is 18.3 Å². The van der Waals surface area contributed by atoms with Crippen molar-refractivity contribution in [2.24, 2.45) is 4.99 Å². The smallest absolute Gasteiger partial charge is 0.373 e. The van der Waals surface area contributed by atoms with E-state index in [1.165, 1.54) is 29.5 Å². The van der Waals surface area contributed by atoms with E-state index in [-0.39, 0.29) is 23.2 Å². The Morgan fingerprint density at radius 1 is 1.39 bits per heavy atom. The fourth-order valence-corrected chi connectivity index (χ4v) is 1.94. The van der Waals surface area contributed by atoms with Crippen molar-refractivity contribution in [3.63, 3.8) is 0 Å². The van der Waals surface area contributed by atoms with Crippen LogP contribution in [0.15, 0.2) is 35.8 Å². The lowest BCUT2D eigenvalue weighted by Gasteiger charge is -2.12. The molecule has 5 nitrogen and oxygen atoms in total. The number of hydrogen-bond donors (Lipinski definition) is 0. The normalized spacial score (nSPS) is 12.7. The largest absolute Gasteiger partial charge is 0.418 e. The summed E-state index contributed by atoms with van der Waals surface area (Å²) in [5.41, 5.74) is -1.18. The minimum Gasteiger partial charge on any atom is -0.373 e. The number of ether oxygens (including phenoxy) is 1. The van der Waals surface area contributed by atoms with Gasteiger partial charge >= 0.3 is 6.18 Å². The van der Waals surface area contributed by atoms with E-state index < -0.39 is 11.7 Å². The maximum Gasteiger partial charge on any atom is 0.418 e. The van der Waals surface area contributed by atoms with E-state index in [9.17, 15) is 13.2 Å². The third-order valence-electron chi connectivity index (χ3n) is 2.78. The van der Waals surface area contributed by atoms with Gasteiger partial charge < -0.3 is 4.74 Å². The summed E-state index contributed by atoms with van der Waals surface area (Å²) >= 11 is 5.66. The third kappa shape index (κ3) is 4.77. The first kappa shape index (κ1) is 17.4. The zero-order valence-corrected chi connectivity index (χ0v) is 13.0. The predicted octanol–water partition coefficient (Wildman–Crippen LogP) is 3.96. The van der Waals surface area contributed by atoms with Crippen molar-refractivity contribution in [2.45, 2.75) is 19.5 Å². The highest BCUT2D eigenvalue weighted by molar-refractivity contribution is 6.30. The standard InChI is InChI=1S/C14H14ClF3N4O/c1-2-5-23-7-13(22-9-19-8-20-22)21-12-4-3-10(15)6-11(12)14(16,17)18/h3-4,6,8-9H,2,5,7H2,1H3/b21-13-. The molecule has 1 aromatic carbocycles. The monoisotopic (exact) mass is 346 g/mol. The Morgan fingerprint density at radius 2 is 2.17 bits per heavy atom. The fraction of sp³-hybridized carbons (Fsp3) is 0.357. The molecule has 0 amide bonds. The van der Waals surface area contributed by atoms with Gasteiger partial charge in [0.15, 0.2) is 5.84 Å². The second-order valence-corrected chi connectivity index (χ2v) is 5.02. The summed E-state index contributed by atoms with van der Waals surface area (Å²) < 4.78 is 46.0. The van der Waals surface area contributed by atoms with Crippen LogP contribution in [0.2, 0.25) is 5.02 Å². The van der Waals surface area contributed by atoms with Crippen molar-refractivity contribution >= 4 is 23.1 Å². The van der Waals surface area contributed by atoms with Crippen molar-refractivity contribution in [1.29, 1.82) is 0 Å². The van der Waals surface area contributed by atoms with Crippen molar-refractivity contribution in [3.8, 4) is 0 Å². The number of aliphatic imine (C=N–C) groups is 1. The molecule has 0 atom stereocenters. The molecule has 1 heterocycles. The molecule has 1 aromatic heterocycles. The molecular weight excluding hydrogens is 333 g/mol. The average molecular weight is 347 g/mol. The third-order valence-corrected chi connectivity index (χ3v) is 3.01. The van der Waals surface area contributed by atoms with E-state index >= 15 is 0 Å². The van der Waals surface area contributed by atoms with Gasteiger partial charge in [-0.05, 0) is 24.6 Å². The van der Waals surface area contributed by atoms with Gasteiger partial charge in [0, 0.05) is 11.6 Å². The molecule has 124 valence electrons. The fourth-order valence-electron chi connectivity index (χ4n) is 1.77. The number of nitrogens with zero attached hydrogens (tertiary/aromatic N) is 4. The summed E-state index contributed by atoms with van der Waals surface area (Å²) in [6.07, 6.45) is -1.18. The molecule has 0 saturated carbocycles. The number of halogens is 4. The van der Waals surface area contributed by atoms with Gasteiger partial charge in [-0.1, -0.05) is 18.5 Å². The molecule has 0 unspecified atom stereocenters. The van der Waals surface area contributed by atoms with Crippen molar-refractivity contribution in [3.05, 3.63) is 41.4 Å². The molecule has 0 radical (unpaired) electrons. The molecule has 0 fully saturated rings. The van der Waals surface area contributed by atoms with Crippen LogP contribution in [0.4, 0.5) is 18.9 Å². The van der Waals surface area contributed by atoms with Crippen LogP contribution < -0.4 is 0 Å². The van der Waals surface area contributed by atoms with Crippen LogP contribution in [0.5, 0.6) is 0 Å². The first-order chi connectivity index (χ1) is 10.9. The van der Waals surface area contributed by atoms with Crippen LogP contribution in [-0.2, 0) is 10.9 Å². The molecule has 9 heteroatoms. The zero-order chi connectivity index (χ0) is 16.9. The van der Waals surface area contributed by atoms with Crippen molar-refractivity contribution in [1.82, 2.24) is 14.8 Å². The zero-order valence-electron chi connectivity index (χ0n) is 12.2. The van der Waals surface area contributed by atoms with E-state index in [1.54, 1.807) is 0 Å². The van der Waals surface area contributed by atoms with Crippen LogP contribution in [0, 0.1) is 0 Å². The second-order valence-electron chi connectivity index (χ2n) is 4.58. The Hall–Kier alpha value is -1.93. The highest BCUT2D eigenvalue weighted by Crippen LogP contribution is 2.38. The van der Waals surface area contributed by atoms with Gasteiger partial charge in [0.25, 0.3) is 0 Å². The molecule has 0 aliphatic rings. The summed E-state index contributed by atoms with van der Waals surface area (Å²) in [6.45, 7) is 2.39. The topological polar surface area (TPSA) is 52.3 Å². The quantitative estimate of drug-likeness (QED) is 0.468. The Labute approximate surface area is 135 Å². The number of rotatable bonds is 5. The first-order valence-electron chi connectivity index (χ1n) is 6.79. The number of hydrogen-bond acceptors (Lipinski definition) is 4. The molecule has 23 heavy (non-hydrogen) atoms. The van der Waals surface area contributed by atoms with E-state index in [2.05, 4.69) is 15.1 Å². The molecule has 0 spiro atoms. The summed E-state index contributed by atoms with van der Waals surface area (Å²) in [5.74, 6) is 0.198. The molecule has 0 bridgehead atoms. The van der Waals surface area contributed by atoms with Crippen molar-refractivity contribution < 1.29 is 17.9 Å². The van der Waals surface area contributed by atoms with Gasteiger partial charge in [-0.25, -0.2) is 14.7 Å². The number of alkyl halides is 3. The van der Waals surface area contributed by atoms with E-state index in [0.29, 0.717) is 6.61 Å². The lowest BCUT2D eigenvalue weighted by molar-refractivity contribution is -0.137. The summed E-state index contributed by atoms with van der Waals surface area (Å²) in [5, 5.41) is 3.88. The molecule has 0 aliphatic carbocycles. The van der Waals surface area contributed by atoms with Gasteiger partial charge in [-0.15, -0.1) is 0 Å². The lowest BCUT2D eigenvalue weighted by Crippen LogP contribution is -2.20. The van der Waals surface area contributed by atoms with Crippen LogP contribution in [0.1, 0.15) is 18.9 Å². The average Bonchev–Trinajstić information content (AvgIpc) is 3.01. The summed E-state index contributed by atoms with van der Waals surface area (Å²) in [6, 6.07) is 3.40. The minimum absolute atomic E-state index is 0.0110. The molecule has 2 rings (SSSR count). The first-order valence-corrected chi connectivity index (χ1v) is 7.16. The summed E-state index contributed by atoms with van der Waals surface area (Å²) in [4.78, 5) is 7.82. The lowest BCUT2D eigenvalue weighted by atomic mass is 10.1. The molecule has 0 saturated heterocycles. The highest BCUT2D eigenvalue weighted by atomic mass is 35.5. The Balaban J connectivity index is 2.42. The highest BCUT2D eigenvalue weighted by Gasteiger charge is 2.34. The second kappa shape index (κ2) is 7.56. The predicted molar refractivity (Wildman–Crippen MR) is 80.1 cm³/mol. The number of benzene rings is 1. The Kier molecular flexibility index (Phi) is 5.73. The van der Waals surface area contributed by atoms with E-state index in [1.807, 2.05) is 6.92 Å². The van der Waals surface area contributed by atoms with Gasteiger partial charge in [0.2, 0.25) is 0 Å². The Morgan fingerprint density at radius 3 is 2.78 bits per heavy atom. The van der Waals surface area contributed by atoms with Crippen LogP contribution in [-0.4, -0.2) is 33.8 Å². The molecule has 0 N–H and O–H groups in total. The molecule has 0 aliphatic heterocycles. The van der Waals surface area contributed by atoms with Crippen molar-refractivity contribution in [2.75, 3.05) is 13.2 Å². The summed E-state index contributed by atoms with van der Waals surface area (Å²) in [7, 11) is 0. The SMILES string of the molecule is CCCOC/C(=N/c1ccc(Cl)cc1C(F)(F)F)n1cncn1. The van der Waals surface area contributed by atoms with Crippen LogP contribution in [0.25, 0.3) is 0 Å². The maximum atomic E-state index is 13.1. The van der Waals surface area contributed by atoms with Crippen LogP contribution >= 0.6 is 11.6 Å². The maximum absolute atomic E-state index is 13.1. The van der Waals surface area contributed by atoms with Crippen LogP contribution in [0.3, 0.4) is 0 Å². The minimum atomic E-state index is -4.57. The number of aromatic nitrogens is 3. The van der Waals surface area contributed by atoms with Gasteiger partial charge in [0.05, 0.1) is 11.3 Å². The van der Waals surface area contributed by atoms with E-state index in [0.717, 1.165) is 12.5 Å². The Bertz CT molecular complexity index is 671. The van der Waals surface area contributed by atoms with Gasteiger partial charge in [0.1, 0.15) is 19.3 Å². The molecular formula is C14H14ClF3N4O. The van der Waals surface area contributed by atoms with Gasteiger partial charge in [-0.3, -0.25) is 0 Å². The van der Waals surface area contributed by atoms with E-state index in [4.69, 9.17) is 16.3 Å². The molecule has 2 aromatic rings.